The van der Waals surface area contributed by atoms with Crippen LogP contribution in [0, 0.1) is 10.1 Å². The van der Waals surface area contributed by atoms with Gasteiger partial charge in [-0.15, -0.1) is 13.2 Å². The highest BCUT2D eigenvalue weighted by Crippen LogP contribution is 2.35. The summed E-state index contributed by atoms with van der Waals surface area (Å²) in [4.78, 5) is 13.3. The third-order valence-corrected chi connectivity index (χ3v) is 2.28. The van der Waals surface area contributed by atoms with Crippen LogP contribution in [0.4, 0.5) is 18.9 Å². The predicted molar refractivity (Wildman–Crippen MR) is 56.8 cm³/mol. The van der Waals surface area contributed by atoms with Gasteiger partial charge in [0.25, 0.3) is 0 Å². The van der Waals surface area contributed by atoms with Crippen LogP contribution in [0.2, 0.25) is 0 Å². The number of rotatable bonds is 4. The molecule has 0 saturated carbocycles. The second kappa shape index (κ2) is 5.38. The summed E-state index contributed by atoms with van der Waals surface area (Å²) in [6, 6.07) is 0.554. The molecule has 1 aromatic heterocycles. The Balaban J connectivity index is 3.32. The number of alkyl halides is 4. The van der Waals surface area contributed by atoms with Gasteiger partial charge in [0.15, 0.2) is 0 Å². The largest absolute Gasteiger partial charge is 0.574 e. The van der Waals surface area contributed by atoms with Crippen LogP contribution in [0.25, 0.3) is 0 Å². The third kappa shape index (κ3) is 3.45. The van der Waals surface area contributed by atoms with Gasteiger partial charge in [-0.1, -0.05) is 15.9 Å². The maximum Gasteiger partial charge on any atom is 0.574 e. The average molecular weight is 331 g/mol. The Bertz CT molecular complexity index is 466. The highest BCUT2D eigenvalue weighted by Gasteiger charge is 2.33. The highest BCUT2D eigenvalue weighted by molar-refractivity contribution is 9.08. The van der Waals surface area contributed by atoms with E-state index in [1.807, 2.05) is 0 Å². The van der Waals surface area contributed by atoms with Crippen LogP contribution >= 0.6 is 15.9 Å². The molecule has 0 radical (unpaired) electrons. The molecule has 0 bridgehead atoms. The summed E-state index contributed by atoms with van der Waals surface area (Å²) >= 11 is 2.94. The summed E-state index contributed by atoms with van der Waals surface area (Å²) < 4.78 is 44.3. The van der Waals surface area contributed by atoms with Crippen LogP contribution in [0.3, 0.4) is 0 Å². The first-order valence-corrected chi connectivity index (χ1v) is 5.44. The van der Waals surface area contributed by atoms with Crippen LogP contribution in [0.1, 0.15) is 5.69 Å². The molecule has 0 N–H and O–H groups in total. The Hall–Kier alpha value is -1.58. The van der Waals surface area contributed by atoms with E-state index in [0.29, 0.717) is 6.07 Å². The fourth-order valence-electron chi connectivity index (χ4n) is 1.17. The maximum atomic E-state index is 12.0. The molecule has 0 aliphatic heterocycles. The molecule has 1 heterocycles. The standard InChI is InChI=1S/C8H6BrF3N2O4/c1-17-7-4(3-9)13-6(18-8(10,11)12)2-5(7)14(15)16/h2H,3H2,1H3. The van der Waals surface area contributed by atoms with Gasteiger partial charge < -0.3 is 9.47 Å². The second-order valence-corrected chi connectivity index (χ2v) is 3.46. The summed E-state index contributed by atoms with van der Waals surface area (Å²) in [5.41, 5.74) is -0.716. The zero-order valence-corrected chi connectivity index (χ0v) is 10.4. The van der Waals surface area contributed by atoms with Crippen LogP contribution in [-0.2, 0) is 5.33 Å². The summed E-state index contributed by atoms with van der Waals surface area (Å²) in [6.45, 7) is 0. The van der Waals surface area contributed by atoms with Crippen molar-refractivity contribution in [3.05, 3.63) is 21.9 Å². The van der Waals surface area contributed by atoms with Gasteiger partial charge in [0.05, 0.1) is 18.1 Å². The van der Waals surface area contributed by atoms with Crippen LogP contribution in [-0.4, -0.2) is 23.4 Å². The summed E-state index contributed by atoms with van der Waals surface area (Å²) in [5, 5.41) is 10.7. The molecule has 0 saturated heterocycles. The Morgan fingerprint density at radius 2 is 2.17 bits per heavy atom. The van der Waals surface area contributed by atoms with Crippen molar-refractivity contribution < 1.29 is 27.6 Å². The van der Waals surface area contributed by atoms with Crippen LogP contribution < -0.4 is 9.47 Å². The molecule has 0 amide bonds. The number of methoxy groups -OCH3 is 1. The van der Waals surface area contributed by atoms with Gasteiger partial charge in [0.1, 0.15) is 5.69 Å². The lowest BCUT2D eigenvalue weighted by atomic mass is 10.3. The number of aromatic nitrogens is 1. The molecule has 0 aromatic carbocycles. The lowest BCUT2D eigenvalue weighted by Crippen LogP contribution is -2.18. The van der Waals surface area contributed by atoms with E-state index >= 15 is 0 Å². The summed E-state index contributed by atoms with van der Waals surface area (Å²) in [6.07, 6.45) is -4.97. The van der Waals surface area contributed by atoms with Gasteiger partial charge in [0, 0.05) is 5.33 Å². The van der Waals surface area contributed by atoms with Crippen LogP contribution in [0.15, 0.2) is 6.07 Å². The molecule has 0 spiro atoms. The van der Waals surface area contributed by atoms with E-state index < -0.39 is 22.9 Å². The minimum atomic E-state index is -4.97. The third-order valence-electron chi connectivity index (χ3n) is 1.75. The van der Waals surface area contributed by atoms with Crippen LogP contribution in [0.5, 0.6) is 11.6 Å². The number of nitro groups is 1. The number of hydrogen-bond donors (Lipinski definition) is 0. The van der Waals surface area contributed by atoms with E-state index in [0.717, 1.165) is 7.11 Å². The predicted octanol–water partition coefficient (Wildman–Crippen LogP) is 2.79. The topological polar surface area (TPSA) is 74.5 Å². The Kier molecular flexibility index (Phi) is 4.33. The Morgan fingerprint density at radius 1 is 1.56 bits per heavy atom. The zero-order chi connectivity index (χ0) is 13.9. The first-order valence-electron chi connectivity index (χ1n) is 4.32. The molecular weight excluding hydrogens is 325 g/mol. The first kappa shape index (κ1) is 14.5. The van der Waals surface area contributed by atoms with Crippen molar-refractivity contribution in [3.63, 3.8) is 0 Å². The molecule has 0 atom stereocenters. The van der Waals surface area contributed by atoms with Gasteiger partial charge in [-0.2, -0.15) is 0 Å². The molecule has 100 valence electrons. The first-order chi connectivity index (χ1) is 8.28. The molecular formula is C8H6BrF3N2O4. The van der Waals surface area contributed by atoms with Gasteiger partial charge in [-0.05, 0) is 0 Å². The fourth-order valence-corrected chi connectivity index (χ4v) is 1.55. The molecule has 1 aromatic rings. The summed E-state index contributed by atoms with van der Waals surface area (Å²) in [7, 11) is 1.15. The second-order valence-electron chi connectivity index (χ2n) is 2.90. The van der Waals surface area contributed by atoms with Gasteiger partial charge >= 0.3 is 12.0 Å². The number of hydrogen-bond acceptors (Lipinski definition) is 5. The molecule has 0 unspecified atom stereocenters. The van der Waals surface area contributed by atoms with E-state index in [1.54, 1.807) is 0 Å². The number of nitrogens with zero attached hydrogens (tertiary/aromatic N) is 2. The van der Waals surface area contributed by atoms with Crippen molar-refractivity contribution in [3.8, 4) is 11.6 Å². The Labute approximate surface area is 107 Å². The SMILES string of the molecule is COc1c([N+](=O)[O-])cc(OC(F)(F)F)nc1CBr. The van der Waals surface area contributed by atoms with E-state index in [1.165, 1.54) is 0 Å². The molecule has 10 heteroatoms. The Morgan fingerprint density at radius 3 is 2.56 bits per heavy atom. The number of ether oxygens (including phenoxy) is 2. The number of halogens is 4. The monoisotopic (exact) mass is 330 g/mol. The van der Waals surface area contributed by atoms with Gasteiger partial charge in [-0.3, -0.25) is 10.1 Å². The van der Waals surface area contributed by atoms with Crippen molar-refractivity contribution in [2.45, 2.75) is 11.7 Å². The molecule has 0 fully saturated rings. The average Bonchev–Trinajstić information content (AvgIpc) is 2.25. The minimum absolute atomic E-state index is 0.0218. The van der Waals surface area contributed by atoms with Crippen molar-refractivity contribution in [2.24, 2.45) is 0 Å². The highest BCUT2D eigenvalue weighted by atomic mass is 79.9. The van der Waals surface area contributed by atoms with E-state index in [-0.39, 0.29) is 16.8 Å². The van der Waals surface area contributed by atoms with Crippen molar-refractivity contribution in [1.29, 1.82) is 0 Å². The van der Waals surface area contributed by atoms with E-state index in [2.05, 4.69) is 25.7 Å². The number of pyridine rings is 1. The minimum Gasteiger partial charge on any atom is -0.489 e. The smallest absolute Gasteiger partial charge is 0.489 e. The summed E-state index contributed by atoms with van der Waals surface area (Å²) in [5.74, 6) is -1.13. The fraction of sp³-hybridized carbons (Fsp3) is 0.375. The molecule has 6 nitrogen and oxygen atoms in total. The van der Waals surface area contributed by atoms with Crippen molar-refractivity contribution in [2.75, 3.05) is 7.11 Å². The van der Waals surface area contributed by atoms with E-state index in [4.69, 9.17) is 4.74 Å². The zero-order valence-electron chi connectivity index (χ0n) is 8.82. The van der Waals surface area contributed by atoms with E-state index in [9.17, 15) is 23.3 Å². The maximum absolute atomic E-state index is 12.0. The normalized spacial score (nSPS) is 11.2. The molecule has 18 heavy (non-hydrogen) atoms. The van der Waals surface area contributed by atoms with Crippen molar-refractivity contribution in [1.82, 2.24) is 4.98 Å². The van der Waals surface area contributed by atoms with Gasteiger partial charge in [0.2, 0.25) is 11.6 Å². The quantitative estimate of drug-likeness (QED) is 0.482. The molecule has 1 rings (SSSR count). The lowest BCUT2D eigenvalue weighted by molar-refractivity contribution is -0.386. The molecule has 0 aliphatic rings. The van der Waals surface area contributed by atoms with Gasteiger partial charge in [-0.25, -0.2) is 4.98 Å². The lowest BCUT2D eigenvalue weighted by Gasteiger charge is -2.11. The molecule has 0 aliphatic carbocycles. The van der Waals surface area contributed by atoms with Crippen molar-refractivity contribution >= 4 is 21.6 Å².